The average molecular weight is 429 g/mol. The van der Waals surface area contributed by atoms with Crippen molar-refractivity contribution in [3.05, 3.63) is 66.5 Å². The second-order valence-electron chi connectivity index (χ2n) is 7.75. The zero-order valence-corrected chi connectivity index (χ0v) is 17.7. The smallest absolute Gasteiger partial charge is 0.271 e. The number of aromatic amines is 1. The minimum Gasteiger partial charge on any atom is -0.497 e. The highest BCUT2D eigenvalue weighted by Gasteiger charge is 2.26. The molecule has 1 N–H and O–H groups in total. The first-order valence-electron chi connectivity index (χ1n) is 10.6. The molecule has 2 aromatic carbocycles. The highest BCUT2D eigenvalue weighted by molar-refractivity contribution is 5.93. The van der Waals surface area contributed by atoms with Crippen LogP contribution >= 0.6 is 0 Å². The molecule has 4 aromatic rings. The zero-order valence-electron chi connectivity index (χ0n) is 17.7. The molecule has 1 aliphatic rings. The van der Waals surface area contributed by atoms with Gasteiger partial charge in [-0.3, -0.25) is 9.89 Å². The molecule has 162 valence electrons. The first-order valence-corrected chi connectivity index (χ1v) is 10.6. The summed E-state index contributed by atoms with van der Waals surface area (Å²) < 4.78 is 11.4. The zero-order chi connectivity index (χ0) is 21.9. The SMILES string of the molecule is COc1cccc(-c2cc(C(=O)N3CCC(Oc4nncc5ccccc45)CC3)[nH]n2)c1. The Morgan fingerprint density at radius 2 is 1.94 bits per heavy atom. The molecule has 0 saturated carbocycles. The average Bonchev–Trinajstić information content (AvgIpc) is 3.35. The van der Waals surface area contributed by atoms with Gasteiger partial charge in [-0.2, -0.15) is 10.2 Å². The molecule has 1 fully saturated rings. The number of carbonyl (C=O) groups is 1. The van der Waals surface area contributed by atoms with Crippen LogP contribution in [0.5, 0.6) is 11.6 Å². The molecule has 0 spiro atoms. The molecule has 1 saturated heterocycles. The summed E-state index contributed by atoms with van der Waals surface area (Å²) in [6.07, 6.45) is 3.18. The number of piperidine rings is 1. The third-order valence-corrected chi connectivity index (χ3v) is 5.72. The Kier molecular flexibility index (Phi) is 5.41. The molecule has 0 bridgehead atoms. The Morgan fingerprint density at radius 3 is 2.78 bits per heavy atom. The Balaban J connectivity index is 1.23. The minimum absolute atomic E-state index is 0.00623. The van der Waals surface area contributed by atoms with Crippen LogP contribution in [0, 0.1) is 0 Å². The number of hydrogen-bond donors (Lipinski definition) is 1. The van der Waals surface area contributed by atoms with E-state index >= 15 is 0 Å². The van der Waals surface area contributed by atoms with Crippen molar-refractivity contribution in [2.45, 2.75) is 18.9 Å². The number of likely N-dealkylation sites (tertiary alicyclic amines) is 1. The molecule has 8 heteroatoms. The van der Waals surface area contributed by atoms with Gasteiger partial charge in [-0.15, -0.1) is 5.10 Å². The van der Waals surface area contributed by atoms with E-state index in [2.05, 4.69) is 20.4 Å². The number of H-pyrrole nitrogens is 1. The normalized spacial score (nSPS) is 14.5. The van der Waals surface area contributed by atoms with Crippen LogP contribution in [0.1, 0.15) is 23.3 Å². The van der Waals surface area contributed by atoms with Gasteiger partial charge in [0.25, 0.3) is 5.91 Å². The topological polar surface area (TPSA) is 93.2 Å². The number of methoxy groups -OCH3 is 1. The van der Waals surface area contributed by atoms with Crippen molar-refractivity contribution in [3.8, 4) is 22.9 Å². The van der Waals surface area contributed by atoms with Gasteiger partial charge in [0.2, 0.25) is 5.88 Å². The molecule has 3 heterocycles. The molecule has 1 aliphatic heterocycles. The van der Waals surface area contributed by atoms with Gasteiger partial charge in [0, 0.05) is 42.3 Å². The van der Waals surface area contributed by atoms with Crippen LogP contribution < -0.4 is 9.47 Å². The summed E-state index contributed by atoms with van der Waals surface area (Å²) in [5.41, 5.74) is 2.07. The number of aromatic nitrogens is 4. The molecule has 8 nitrogen and oxygen atoms in total. The predicted octanol–water partition coefficient (Wildman–Crippen LogP) is 3.71. The maximum absolute atomic E-state index is 13.0. The number of carbonyl (C=O) groups excluding carboxylic acids is 1. The highest BCUT2D eigenvalue weighted by atomic mass is 16.5. The molecule has 0 radical (unpaired) electrons. The maximum Gasteiger partial charge on any atom is 0.271 e. The van der Waals surface area contributed by atoms with E-state index in [9.17, 15) is 4.79 Å². The fraction of sp³-hybridized carbons (Fsp3) is 0.250. The Morgan fingerprint density at radius 1 is 1.09 bits per heavy atom. The molecular formula is C24H23N5O3. The third kappa shape index (κ3) is 3.99. The van der Waals surface area contributed by atoms with Gasteiger partial charge >= 0.3 is 0 Å². The van der Waals surface area contributed by atoms with E-state index in [0.717, 1.165) is 34.9 Å². The molecule has 32 heavy (non-hydrogen) atoms. The van der Waals surface area contributed by atoms with Crippen molar-refractivity contribution in [3.63, 3.8) is 0 Å². The van der Waals surface area contributed by atoms with E-state index in [4.69, 9.17) is 9.47 Å². The summed E-state index contributed by atoms with van der Waals surface area (Å²) in [7, 11) is 1.62. The van der Waals surface area contributed by atoms with Crippen LogP contribution in [-0.2, 0) is 0 Å². The van der Waals surface area contributed by atoms with Gasteiger partial charge in [-0.25, -0.2) is 0 Å². The molecule has 1 amide bonds. The summed E-state index contributed by atoms with van der Waals surface area (Å²) >= 11 is 0. The first kappa shape index (κ1) is 20.0. The molecule has 5 rings (SSSR count). The standard InChI is InChI=1S/C24H23N5O3/c1-31-19-7-4-6-16(13-19)21-14-22(27-26-21)24(30)29-11-9-18(10-12-29)32-23-20-8-3-2-5-17(20)15-25-28-23/h2-8,13-15,18H,9-12H2,1H3,(H,26,27). The van der Waals surface area contributed by atoms with Crippen LogP contribution in [0.4, 0.5) is 0 Å². The fourth-order valence-electron chi connectivity index (χ4n) is 3.96. The van der Waals surface area contributed by atoms with Gasteiger partial charge in [0.15, 0.2) is 0 Å². The number of benzene rings is 2. The van der Waals surface area contributed by atoms with Crippen molar-refractivity contribution < 1.29 is 14.3 Å². The molecular weight excluding hydrogens is 406 g/mol. The summed E-state index contributed by atoms with van der Waals surface area (Å²) in [6, 6.07) is 17.3. The lowest BCUT2D eigenvalue weighted by Crippen LogP contribution is -2.42. The molecule has 0 atom stereocenters. The third-order valence-electron chi connectivity index (χ3n) is 5.72. The van der Waals surface area contributed by atoms with E-state index in [-0.39, 0.29) is 12.0 Å². The van der Waals surface area contributed by atoms with Gasteiger partial charge in [-0.05, 0) is 24.3 Å². The summed E-state index contributed by atoms with van der Waals surface area (Å²) in [4.78, 5) is 14.8. The maximum atomic E-state index is 13.0. The Labute approximate surface area is 185 Å². The van der Waals surface area contributed by atoms with Gasteiger partial charge in [0.1, 0.15) is 17.5 Å². The molecule has 0 unspecified atom stereocenters. The largest absolute Gasteiger partial charge is 0.497 e. The van der Waals surface area contributed by atoms with Crippen LogP contribution in [0.15, 0.2) is 60.8 Å². The van der Waals surface area contributed by atoms with Crippen LogP contribution in [0.2, 0.25) is 0 Å². The lowest BCUT2D eigenvalue weighted by Gasteiger charge is -2.31. The summed E-state index contributed by atoms with van der Waals surface area (Å²) in [6.45, 7) is 1.21. The lowest BCUT2D eigenvalue weighted by molar-refractivity contribution is 0.0583. The van der Waals surface area contributed by atoms with Crippen molar-refractivity contribution in [1.29, 1.82) is 0 Å². The van der Waals surface area contributed by atoms with E-state index in [1.54, 1.807) is 19.4 Å². The van der Waals surface area contributed by atoms with Crippen molar-refractivity contribution in [2.24, 2.45) is 0 Å². The van der Waals surface area contributed by atoms with Crippen molar-refractivity contribution >= 4 is 16.7 Å². The number of rotatable bonds is 5. The molecule has 2 aromatic heterocycles. The van der Waals surface area contributed by atoms with Crippen molar-refractivity contribution in [2.75, 3.05) is 20.2 Å². The second kappa shape index (κ2) is 8.66. The van der Waals surface area contributed by atoms with Crippen LogP contribution in [0.25, 0.3) is 22.0 Å². The summed E-state index contributed by atoms with van der Waals surface area (Å²) in [5.74, 6) is 1.23. The first-order chi connectivity index (χ1) is 15.7. The number of nitrogens with one attached hydrogen (secondary N) is 1. The number of nitrogens with zero attached hydrogens (tertiary/aromatic N) is 4. The van der Waals surface area contributed by atoms with Crippen LogP contribution in [-0.4, -0.2) is 57.5 Å². The number of amides is 1. The van der Waals surface area contributed by atoms with E-state index in [1.165, 1.54) is 0 Å². The number of fused-ring (bicyclic) bond motifs is 1. The van der Waals surface area contributed by atoms with Crippen LogP contribution in [0.3, 0.4) is 0 Å². The number of hydrogen-bond acceptors (Lipinski definition) is 6. The number of ether oxygens (including phenoxy) is 2. The van der Waals surface area contributed by atoms with Crippen molar-refractivity contribution in [1.82, 2.24) is 25.3 Å². The van der Waals surface area contributed by atoms with Gasteiger partial charge < -0.3 is 14.4 Å². The fourth-order valence-corrected chi connectivity index (χ4v) is 3.96. The van der Waals surface area contributed by atoms with Gasteiger partial charge in [0.05, 0.1) is 19.0 Å². The highest BCUT2D eigenvalue weighted by Crippen LogP contribution is 2.26. The minimum atomic E-state index is -0.0601. The Bertz CT molecular complexity index is 1240. The van der Waals surface area contributed by atoms with E-state index in [0.29, 0.717) is 30.4 Å². The van der Waals surface area contributed by atoms with Gasteiger partial charge in [-0.1, -0.05) is 30.3 Å². The Hall–Kier alpha value is -3.94. The quantitative estimate of drug-likeness (QED) is 0.520. The summed E-state index contributed by atoms with van der Waals surface area (Å²) in [5, 5.41) is 17.3. The molecule has 0 aliphatic carbocycles. The monoisotopic (exact) mass is 429 g/mol. The second-order valence-corrected chi connectivity index (χ2v) is 7.75. The van der Waals surface area contributed by atoms with E-state index in [1.807, 2.05) is 53.4 Å². The predicted molar refractivity (Wildman–Crippen MR) is 120 cm³/mol. The lowest BCUT2D eigenvalue weighted by atomic mass is 10.1. The van der Waals surface area contributed by atoms with E-state index < -0.39 is 0 Å².